The van der Waals surface area contributed by atoms with Gasteiger partial charge < -0.3 is 19.4 Å². The normalized spacial score (nSPS) is 9.55. The summed E-state index contributed by atoms with van der Waals surface area (Å²) in [6, 6.07) is 7.43. The first-order valence-electron chi connectivity index (χ1n) is 7.21. The maximum absolute atomic E-state index is 10.9. The zero-order valence-electron chi connectivity index (χ0n) is 12.9. The number of hydrogen-bond donors (Lipinski definition) is 2. The molecule has 0 aromatic carbocycles. The SMILES string of the molecule is CCOC(=O)Cc1ccc[nH]1.CCOC(=O)Cc1ccc[nH]1. The Bertz CT molecular complexity index is 482. The minimum Gasteiger partial charge on any atom is -0.466 e. The summed E-state index contributed by atoms with van der Waals surface area (Å²) in [5, 5.41) is 0. The first-order valence-corrected chi connectivity index (χ1v) is 7.21. The molecule has 0 radical (unpaired) electrons. The van der Waals surface area contributed by atoms with Gasteiger partial charge in [0.15, 0.2) is 0 Å². The Balaban J connectivity index is 0.000000220. The molecule has 6 heteroatoms. The molecule has 0 aliphatic carbocycles. The maximum atomic E-state index is 10.9. The van der Waals surface area contributed by atoms with Gasteiger partial charge in [-0.25, -0.2) is 0 Å². The molecule has 0 saturated heterocycles. The third-order valence-corrected chi connectivity index (χ3v) is 2.60. The fourth-order valence-corrected chi connectivity index (χ4v) is 1.69. The van der Waals surface area contributed by atoms with Gasteiger partial charge in [-0.2, -0.15) is 0 Å². The van der Waals surface area contributed by atoms with E-state index in [4.69, 9.17) is 9.47 Å². The number of nitrogens with one attached hydrogen (secondary N) is 2. The van der Waals surface area contributed by atoms with Crippen LogP contribution < -0.4 is 0 Å². The van der Waals surface area contributed by atoms with Gasteiger partial charge in [-0.05, 0) is 38.1 Å². The Hall–Kier alpha value is -2.50. The van der Waals surface area contributed by atoms with Crippen molar-refractivity contribution in [2.75, 3.05) is 13.2 Å². The number of ether oxygens (including phenoxy) is 2. The molecule has 2 aromatic rings. The number of aromatic nitrogens is 2. The van der Waals surface area contributed by atoms with Crippen LogP contribution in [0.3, 0.4) is 0 Å². The second-order valence-electron chi connectivity index (χ2n) is 4.35. The van der Waals surface area contributed by atoms with E-state index in [1.54, 1.807) is 26.2 Å². The van der Waals surface area contributed by atoms with Crippen LogP contribution in [0.4, 0.5) is 0 Å². The van der Waals surface area contributed by atoms with Gasteiger partial charge in [-0.15, -0.1) is 0 Å². The fraction of sp³-hybridized carbons (Fsp3) is 0.375. The number of hydrogen-bond acceptors (Lipinski definition) is 4. The van der Waals surface area contributed by atoms with E-state index in [1.807, 2.05) is 24.3 Å². The monoisotopic (exact) mass is 306 g/mol. The quantitative estimate of drug-likeness (QED) is 0.802. The smallest absolute Gasteiger partial charge is 0.311 e. The van der Waals surface area contributed by atoms with E-state index in [0.717, 1.165) is 11.4 Å². The van der Waals surface area contributed by atoms with Gasteiger partial charge in [-0.1, -0.05) is 0 Å². The summed E-state index contributed by atoms with van der Waals surface area (Å²) >= 11 is 0. The number of esters is 2. The molecule has 0 amide bonds. The zero-order valence-corrected chi connectivity index (χ0v) is 12.9. The van der Waals surface area contributed by atoms with Crippen molar-refractivity contribution < 1.29 is 19.1 Å². The molecule has 2 heterocycles. The summed E-state index contributed by atoms with van der Waals surface area (Å²) in [6.45, 7) is 4.48. The van der Waals surface area contributed by atoms with Gasteiger partial charge >= 0.3 is 11.9 Å². The summed E-state index contributed by atoms with van der Waals surface area (Å²) < 4.78 is 9.51. The molecule has 22 heavy (non-hydrogen) atoms. The summed E-state index contributed by atoms with van der Waals surface area (Å²) in [4.78, 5) is 27.6. The Morgan fingerprint density at radius 3 is 1.55 bits per heavy atom. The molecule has 0 aliphatic heterocycles. The molecular weight excluding hydrogens is 284 g/mol. The van der Waals surface area contributed by atoms with Crippen molar-refractivity contribution in [3.63, 3.8) is 0 Å². The van der Waals surface area contributed by atoms with Crippen LogP contribution in [0, 0.1) is 0 Å². The molecule has 0 fully saturated rings. The van der Waals surface area contributed by atoms with Crippen molar-refractivity contribution in [2.45, 2.75) is 26.7 Å². The predicted molar refractivity (Wildman–Crippen MR) is 82.3 cm³/mol. The second-order valence-corrected chi connectivity index (χ2v) is 4.35. The molecular formula is C16H22N2O4. The molecule has 2 rings (SSSR count). The van der Waals surface area contributed by atoms with Crippen molar-refractivity contribution in [1.82, 2.24) is 9.97 Å². The standard InChI is InChI=1S/2C8H11NO2/c2*1-2-11-8(10)6-7-4-3-5-9-7/h2*3-5,9H,2,6H2,1H3. The van der Waals surface area contributed by atoms with Gasteiger partial charge in [0.25, 0.3) is 0 Å². The highest BCUT2D eigenvalue weighted by Crippen LogP contribution is 1.97. The molecule has 0 atom stereocenters. The topological polar surface area (TPSA) is 84.2 Å². The molecule has 2 aromatic heterocycles. The van der Waals surface area contributed by atoms with Gasteiger partial charge in [0, 0.05) is 23.8 Å². The van der Waals surface area contributed by atoms with Crippen molar-refractivity contribution >= 4 is 11.9 Å². The predicted octanol–water partition coefficient (Wildman–Crippen LogP) is 2.24. The van der Waals surface area contributed by atoms with E-state index in [9.17, 15) is 9.59 Å². The first kappa shape index (κ1) is 17.6. The molecule has 6 nitrogen and oxygen atoms in total. The van der Waals surface area contributed by atoms with Crippen LogP contribution in [0.5, 0.6) is 0 Å². The van der Waals surface area contributed by atoms with Crippen LogP contribution >= 0.6 is 0 Å². The highest BCUT2D eigenvalue weighted by molar-refractivity contribution is 5.72. The minimum atomic E-state index is -0.185. The lowest BCUT2D eigenvalue weighted by molar-refractivity contribution is -0.143. The molecule has 120 valence electrons. The number of H-pyrrole nitrogens is 2. The van der Waals surface area contributed by atoms with E-state index >= 15 is 0 Å². The Morgan fingerprint density at radius 1 is 0.864 bits per heavy atom. The number of carbonyl (C=O) groups is 2. The van der Waals surface area contributed by atoms with Gasteiger partial charge in [0.05, 0.1) is 26.1 Å². The van der Waals surface area contributed by atoms with Crippen LogP contribution in [0.2, 0.25) is 0 Å². The Labute approximate surface area is 129 Å². The molecule has 0 saturated carbocycles. The highest BCUT2D eigenvalue weighted by atomic mass is 16.5. The summed E-state index contributed by atoms with van der Waals surface area (Å²) in [7, 11) is 0. The average molecular weight is 306 g/mol. The third kappa shape index (κ3) is 7.33. The van der Waals surface area contributed by atoms with Crippen LogP contribution in [0.25, 0.3) is 0 Å². The second kappa shape index (κ2) is 10.3. The lowest BCUT2D eigenvalue weighted by Crippen LogP contribution is -2.07. The number of aromatic amines is 2. The van der Waals surface area contributed by atoms with E-state index in [1.165, 1.54) is 0 Å². The number of carbonyl (C=O) groups excluding carboxylic acids is 2. The highest BCUT2D eigenvalue weighted by Gasteiger charge is 2.03. The number of rotatable bonds is 6. The maximum Gasteiger partial charge on any atom is 0.311 e. The summed E-state index contributed by atoms with van der Waals surface area (Å²) in [5.74, 6) is -0.370. The van der Waals surface area contributed by atoms with Gasteiger partial charge in [0.2, 0.25) is 0 Å². The van der Waals surface area contributed by atoms with Crippen LogP contribution in [0.1, 0.15) is 25.2 Å². The van der Waals surface area contributed by atoms with Crippen molar-refractivity contribution in [3.05, 3.63) is 48.0 Å². The average Bonchev–Trinajstić information content (AvgIpc) is 3.13. The Morgan fingerprint density at radius 2 is 1.27 bits per heavy atom. The lowest BCUT2D eigenvalue weighted by Gasteiger charge is -1.98. The van der Waals surface area contributed by atoms with Crippen LogP contribution in [0.15, 0.2) is 36.7 Å². The molecule has 0 unspecified atom stereocenters. The summed E-state index contributed by atoms with van der Waals surface area (Å²) in [6.07, 6.45) is 4.24. The lowest BCUT2D eigenvalue weighted by atomic mass is 10.3. The van der Waals surface area contributed by atoms with Gasteiger partial charge in [-0.3, -0.25) is 9.59 Å². The van der Waals surface area contributed by atoms with Crippen molar-refractivity contribution in [3.8, 4) is 0 Å². The van der Waals surface area contributed by atoms with Crippen molar-refractivity contribution in [1.29, 1.82) is 0 Å². The van der Waals surface area contributed by atoms with Crippen LogP contribution in [-0.2, 0) is 31.9 Å². The van der Waals surface area contributed by atoms with Gasteiger partial charge in [0.1, 0.15) is 0 Å². The molecule has 2 N–H and O–H groups in total. The Kier molecular flexibility index (Phi) is 8.18. The first-order chi connectivity index (χ1) is 10.7. The largest absolute Gasteiger partial charge is 0.466 e. The van der Waals surface area contributed by atoms with Crippen LogP contribution in [-0.4, -0.2) is 35.1 Å². The van der Waals surface area contributed by atoms with E-state index in [0.29, 0.717) is 26.1 Å². The minimum absolute atomic E-state index is 0.185. The van der Waals surface area contributed by atoms with E-state index in [-0.39, 0.29) is 11.9 Å². The van der Waals surface area contributed by atoms with E-state index < -0.39 is 0 Å². The zero-order chi connectivity index (χ0) is 16.2. The molecule has 0 spiro atoms. The molecule has 0 bridgehead atoms. The fourth-order valence-electron chi connectivity index (χ4n) is 1.69. The molecule has 0 aliphatic rings. The third-order valence-electron chi connectivity index (χ3n) is 2.60. The van der Waals surface area contributed by atoms with Crippen molar-refractivity contribution in [2.24, 2.45) is 0 Å². The summed E-state index contributed by atoms with van der Waals surface area (Å²) in [5.41, 5.74) is 1.78. The van der Waals surface area contributed by atoms with E-state index in [2.05, 4.69) is 9.97 Å².